The van der Waals surface area contributed by atoms with Crippen molar-refractivity contribution in [1.29, 1.82) is 5.26 Å². The molecular formula is C12H16N2O. The van der Waals surface area contributed by atoms with Crippen LogP contribution >= 0.6 is 0 Å². The predicted octanol–water partition coefficient (Wildman–Crippen LogP) is 2.03. The van der Waals surface area contributed by atoms with Gasteiger partial charge < -0.3 is 10.8 Å². The second-order valence-electron chi connectivity index (χ2n) is 3.72. The molecule has 1 rings (SSSR count). The molecule has 1 aromatic carbocycles. The number of aliphatic hydroxyl groups is 1. The summed E-state index contributed by atoms with van der Waals surface area (Å²) >= 11 is 0. The Kier molecular flexibility index (Phi) is 3.33. The van der Waals surface area contributed by atoms with E-state index in [9.17, 15) is 5.11 Å². The van der Waals surface area contributed by atoms with E-state index in [4.69, 9.17) is 11.0 Å². The van der Waals surface area contributed by atoms with E-state index in [0.29, 0.717) is 17.7 Å². The highest BCUT2D eigenvalue weighted by molar-refractivity contribution is 5.50. The Labute approximate surface area is 90.1 Å². The highest BCUT2D eigenvalue weighted by atomic mass is 16.3. The van der Waals surface area contributed by atoms with Crippen molar-refractivity contribution in [3.8, 4) is 6.07 Å². The third kappa shape index (κ3) is 1.95. The van der Waals surface area contributed by atoms with Crippen molar-refractivity contribution in [2.75, 3.05) is 5.73 Å². The zero-order chi connectivity index (χ0) is 11.5. The zero-order valence-corrected chi connectivity index (χ0v) is 9.07. The molecule has 0 aliphatic carbocycles. The van der Waals surface area contributed by atoms with Crippen LogP contribution in [0, 0.1) is 17.2 Å². The molecule has 2 atom stereocenters. The van der Waals surface area contributed by atoms with Gasteiger partial charge in [0, 0.05) is 11.3 Å². The maximum atomic E-state index is 10.4. The number of nitrogens with two attached hydrogens (primary N) is 1. The van der Waals surface area contributed by atoms with Crippen LogP contribution in [0.2, 0.25) is 0 Å². The molecule has 0 saturated carbocycles. The summed E-state index contributed by atoms with van der Waals surface area (Å²) in [5.74, 6) is -0.479. The average Bonchev–Trinajstić information content (AvgIpc) is 2.27. The summed E-state index contributed by atoms with van der Waals surface area (Å²) < 4.78 is 0. The first-order chi connectivity index (χ1) is 7.06. The van der Waals surface area contributed by atoms with Crippen LogP contribution in [-0.2, 0) is 5.60 Å². The third-order valence-electron chi connectivity index (χ3n) is 2.88. The number of anilines is 1. The molecule has 0 saturated heterocycles. The lowest BCUT2D eigenvalue weighted by atomic mass is 9.80. The smallest absolute Gasteiger partial charge is 0.107 e. The van der Waals surface area contributed by atoms with Crippen molar-refractivity contribution >= 4 is 5.69 Å². The standard InChI is InChI=1S/C12H16N2O/c1-3-12(15,9(2)8-13)10-6-4-5-7-11(10)14/h4-7,9,15H,3,14H2,1-2H3. The zero-order valence-electron chi connectivity index (χ0n) is 9.07. The Hall–Kier alpha value is -1.53. The normalized spacial score (nSPS) is 16.4. The van der Waals surface area contributed by atoms with E-state index in [-0.39, 0.29) is 0 Å². The van der Waals surface area contributed by atoms with Gasteiger partial charge >= 0.3 is 0 Å². The summed E-state index contributed by atoms with van der Waals surface area (Å²) in [7, 11) is 0. The molecule has 0 heterocycles. The van der Waals surface area contributed by atoms with E-state index in [1.54, 1.807) is 19.1 Å². The summed E-state index contributed by atoms with van der Waals surface area (Å²) in [5.41, 5.74) is 5.82. The fraction of sp³-hybridized carbons (Fsp3) is 0.417. The van der Waals surface area contributed by atoms with Gasteiger partial charge in [0.2, 0.25) is 0 Å². The SMILES string of the molecule is CCC(O)(c1ccccc1N)C(C)C#N. The van der Waals surface area contributed by atoms with Gasteiger partial charge in [-0.15, -0.1) is 0 Å². The van der Waals surface area contributed by atoms with Crippen molar-refractivity contribution in [2.24, 2.45) is 5.92 Å². The third-order valence-corrected chi connectivity index (χ3v) is 2.88. The molecule has 1 aromatic rings. The van der Waals surface area contributed by atoms with E-state index in [2.05, 4.69) is 6.07 Å². The Bertz CT molecular complexity index is 383. The molecule has 3 N–H and O–H groups in total. The van der Waals surface area contributed by atoms with Crippen LogP contribution in [0.25, 0.3) is 0 Å². The van der Waals surface area contributed by atoms with Crippen molar-refractivity contribution in [2.45, 2.75) is 25.9 Å². The first kappa shape index (κ1) is 11.5. The van der Waals surface area contributed by atoms with Gasteiger partial charge in [-0.1, -0.05) is 25.1 Å². The van der Waals surface area contributed by atoms with Gasteiger partial charge in [0.1, 0.15) is 5.60 Å². The molecule has 2 unspecified atom stereocenters. The number of hydrogen-bond acceptors (Lipinski definition) is 3. The molecule has 0 spiro atoms. The van der Waals surface area contributed by atoms with Crippen molar-refractivity contribution < 1.29 is 5.11 Å². The molecule has 15 heavy (non-hydrogen) atoms. The average molecular weight is 204 g/mol. The first-order valence-corrected chi connectivity index (χ1v) is 5.03. The molecule has 0 bridgehead atoms. The van der Waals surface area contributed by atoms with Gasteiger partial charge in [0.15, 0.2) is 0 Å². The van der Waals surface area contributed by atoms with Gasteiger partial charge in [-0.2, -0.15) is 5.26 Å². The number of para-hydroxylation sites is 1. The lowest BCUT2D eigenvalue weighted by molar-refractivity contribution is 0.000272. The number of nitrogens with zero attached hydrogens (tertiary/aromatic N) is 1. The van der Waals surface area contributed by atoms with E-state index in [0.717, 1.165) is 0 Å². The highest BCUT2D eigenvalue weighted by Gasteiger charge is 2.35. The fourth-order valence-corrected chi connectivity index (χ4v) is 1.73. The van der Waals surface area contributed by atoms with Crippen LogP contribution < -0.4 is 5.73 Å². The van der Waals surface area contributed by atoms with Crippen molar-refractivity contribution in [3.63, 3.8) is 0 Å². The summed E-state index contributed by atoms with van der Waals surface area (Å²) in [6.07, 6.45) is 0.468. The second-order valence-corrected chi connectivity index (χ2v) is 3.72. The lowest BCUT2D eigenvalue weighted by Gasteiger charge is -2.30. The molecule has 3 nitrogen and oxygen atoms in total. The Balaban J connectivity index is 3.24. The van der Waals surface area contributed by atoms with Gasteiger partial charge in [-0.3, -0.25) is 0 Å². The summed E-state index contributed by atoms with van der Waals surface area (Å²) in [6, 6.07) is 9.21. The monoisotopic (exact) mass is 204 g/mol. The summed E-state index contributed by atoms with van der Waals surface area (Å²) in [5, 5.41) is 19.3. The number of rotatable bonds is 3. The lowest BCUT2D eigenvalue weighted by Crippen LogP contribution is -2.32. The summed E-state index contributed by atoms with van der Waals surface area (Å²) in [4.78, 5) is 0. The van der Waals surface area contributed by atoms with Gasteiger partial charge in [-0.05, 0) is 19.4 Å². The Morgan fingerprint density at radius 3 is 2.60 bits per heavy atom. The largest absolute Gasteiger partial charge is 0.398 e. The maximum Gasteiger partial charge on any atom is 0.107 e. The quantitative estimate of drug-likeness (QED) is 0.740. The number of nitriles is 1. The second kappa shape index (κ2) is 4.33. The number of benzene rings is 1. The van der Waals surface area contributed by atoms with Gasteiger partial charge in [0.05, 0.1) is 12.0 Å². The number of nitrogen functional groups attached to an aromatic ring is 1. The van der Waals surface area contributed by atoms with Crippen LogP contribution in [0.4, 0.5) is 5.69 Å². The van der Waals surface area contributed by atoms with Gasteiger partial charge in [0.25, 0.3) is 0 Å². The van der Waals surface area contributed by atoms with E-state index >= 15 is 0 Å². The molecule has 3 heteroatoms. The van der Waals surface area contributed by atoms with E-state index in [1.807, 2.05) is 19.1 Å². The van der Waals surface area contributed by atoms with Crippen LogP contribution in [0.1, 0.15) is 25.8 Å². The Morgan fingerprint density at radius 2 is 2.13 bits per heavy atom. The summed E-state index contributed by atoms with van der Waals surface area (Å²) in [6.45, 7) is 3.55. The van der Waals surface area contributed by atoms with Crippen molar-refractivity contribution in [3.05, 3.63) is 29.8 Å². The molecule has 0 aromatic heterocycles. The van der Waals surface area contributed by atoms with Crippen LogP contribution in [-0.4, -0.2) is 5.11 Å². The molecule has 0 amide bonds. The van der Waals surface area contributed by atoms with E-state index in [1.165, 1.54) is 0 Å². The molecule has 80 valence electrons. The van der Waals surface area contributed by atoms with Crippen LogP contribution in [0.3, 0.4) is 0 Å². The maximum absolute atomic E-state index is 10.4. The first-order valence-electron chi connectivity index (χ1n) is 5.03. The highest BCUT2D eigenvalue weighted by Crippen LogP contribution is 2.35. The molecule has 0 aliphatic rings. The minimum absolute atomic E-state index is 0.468. The molecule has 0 fully saturated rings. The molecule has 0 radical (unpaired) electrons. The number of hydrogen-bond donors (Lipinski definition) is 2. The topological polar surface area (TPSA) is 70.0 Å². The minimum Gasteiger partial charge on any atom is -0.398 e. The molecule has 0 aliphatic heterocycles. The fourth-order valence-electron chi connectivity index (χ4n) is 1.73. The van der Waals surface area contributed by atoms with Crippen molar-refractivity contribution in [1.82, 2.24) is 0 Å². The minimum atomic E-state index is -1.15. The van der Waals surface area contributed by atoms with Gasteiger partial charge in [-0.25, -0.2) is 0 Å². The molecular weight excluding hydrogens is 188 g/mol. The van der Waals surface area contributed by atoms with Crippen LogP contribution in [0.15, 0.2) is 24.3 Å². The predicted molar refractivity (Wildman–Crippen MR) is 59.8 cm³/mol. The Morgan fingerprint density at radius 1 is 1.53 bits per heavy atom. The van der Waals surface area contributed by atoms with E-state index < -0.39 is 11.5 Å². The van der Waals surface area contributed by atoms with Crippen LogP contribution in [0.5, 0.6) is 0 Å².